The van der Waals surface area contributed by atoms with E-state index in [0.717, 1.165) is 25.2 Å². The number of piperidine rings is 1. The molecule has 122 valence electrons. The molecule has 0 saturated carbocycles. The van der Waals surface area contributed by atoms with Crippen LogP contribution >= 0.6 is 11.6 Å². The van der Waals surface area contributed by atoms with E-state index in [2.05, 4.69) is 14.9 Å². The second kappa shape index (κ2) is 6.69. The van der Waals surface area contributed by atoms with Crippen molar-refractivity contribution >= 4 is 23.5 Å². The Bertz CT molecular complexity index is 533. The smallest absolute Gasteiger partial charge is 0.410 e. The van der Waals surface area contributed by atoms with E-state index >= 15 is 0 Å². The number of rotatable bonds is 2. The van der Waals surface area contributed by atoms with E-state index in [0.29, 0.717) is 6.54 Å². The van der Waals surface area contributed by atoms with Gasteiger partial charge >= 0.3 is 6.09 Å². The van der Waals surface area contributed by atoms with E-state index in [-0.39, 0.29) is 17.4 Å². The standard InChI is InChI=1S/C15H23ClN4O2/c1-15(2,3)22-14(21)19(4)11-6-5-9-20(10-11)12-7-8-17-13(16)18-12/h7-8,11H,5-6,9-10H2,1-4H3. The third kappa shape index (κ3) is 4.47. The Morgan fingerprint density at radius 2 is 2.23 bits per heavy atom. The van der Waals surface area contributed by atoms with E-state index in [4.69, 9.17) is 16.3 Å². The first kappa shape index (κ1) is 16.8. The zero-order valence-electron chi connectivity index (χ0n) is 13.5. The molecule has 0 radical (unpaired) electrons. The van der Waals surface area contributed by atoms with Crippen molar-refractivity contribution in [2.24, 2.45) is 0 Å². The highest BCUT2D eigenvalue weighted by molar-refractivity contribution is 6.28. The SMILES string of the molecule is CN(C(=O)OC(C)(C)C)C1CCCN(c2ccnc(Cl)n2)C1. The second-order valence-corrected chi connectivity index (χ2v) is 6.86. The van der Waals surface area contributed by atoms with Gasteiger partial charge in [0.2, 0.25) is 5.28 Å². The van der Waals surface area contributed by atoms with Crippen molar-refractivity contribution < 1.29 is 9.53 Å². The Hall–Kier alpha value is -1.56. The molecule has 1 saturated heterocycles. The van der Waals surface area contributed by atoms with Crippen LogP contribution in [0, 0.1) is 0 Å². The van der Waals surface area contributed by atoms with Crippen molar-refractivity contribution in [2.45, 2.75) is 45.3 Å². The first-order valence-corrected chi connectivity index (χ1v) is 7.83. The number of aromatic nitrogens is 2. The molecule has 1 aromatic rings. The molecule has 1 atom stereocenters. The molecule has 2 heterocycles. The summed E-state index contributed by atoms with van der Waals surface area (Å²) in [6.45, 7) is 7.22. The Balaban J connectivity index is 2.02. The van der Waals surface area contributed by atoms with Crippen LogP contribution < -0.4 is 4.90 Å². The summed E-state index contributed by atoms with van der Waals surface area (Å²) in [5.74, 6) is 0.794. The van der Waals surface area contributed by atoms with Gasteiger partial charge < -0.3 is 14.5 Å². The van der Waals surface area contributed by atoms with Gasteiger partial charge in [-0.3, -0.25) is 0 Å². The molecule has 2 rings (SSSR count). The molecule has 6 nitrogen and oxygen atoms in total. The molecule has 0 bridgehead atoms. The third-order valence-corrected chi connectivity index (χ3v) is 3.74. The predicted octanol–water partition coefficient (Wildman–Crippen LogP) is 2.97. The number of anilines is 1. The Kier molecular flexibility index (Phi) is 5.11. The minimum Gasteiger partial charge on any atom is -0.444 e. The van der Waals surface area contributed by atoms with Crippen LogP contribution in [-0.2, 0) is 4.74 Å². The minimum atomic E-state index is -0.486. The fourth-order valence-electron chi connectivity index (χ4n) is 2.46. The summed E-state index contributed by atoms with van der Waals surface area (Å²) in [4.78, 5) is 24.1. The number of nitrogens with zero attached hydrogens (tertiary/aromatic N) is 4. The van der Waals surface area contributed by atoms with Crippen LogP contribution in [0.15, 0.2) is 12.3 Å². The Morgan fingerprint density at radius 3 is 2.86 bits per heavy atom. The maximum Gasteiger partial charge on any atom is 0.410 e. The summed E-state index contributed by atoms with van der Waals surface area (Å²) in [7, 11) is 1.79. The quantitative estimate of drug-likeness (QED) is 0.782. The van der Waals surface area contributed by atoms with Crippen LogP contribution in [0.1, 0.15) is 33.6 Å². The van der Waals surface area contributed by atoms with E-state index in [1.165, 1.54) is 0 Å². The molecule has 1 amide bonds. The van der Waals surface area contributed by atoms with Gasteiger partial charge in [-0.1, -0.05) is 0 Å². The molecule has 7 heteroatoms. The Morgan fingerprint density at radius 1 is 1.50 bits per heavy atom. The predicted molar refractivity (Wildman–Crippen MR) is 86.3 cm³/mol. The molecule has 22 heavy (non-hydrogen) atoms. The second-order valence-electron chi connectivity index (χ2n) is 6.52. The number of ether oxygens (including phenoxy) is 1. The molecule has 0 N–H and O–H groups in total. The monoisotopic (exact) mass is 326 g/mol. The maximum atomic E-state index is 12.2. The number of carbonyl (C=O) groups excluding carboxylic acids is 1. The van der Waals surface area contributed by atoms with Gasteiger partial charge in [0.25, 0.3) is 0 Å². The van der Waals surface area contributed by atoms with Gasteiger partial charge in [0, 0.05) is 26.3 Å². The Labute approximate surface area is 136 Å². The first-order valence-electron chi connectivity index (χ1n) is 7.45. The molecule has 1 fully saturated rings. The molecule has 0 spiro atoms. The van der Waals surface area contributed by atoms with Gasteiger partial charge in [-0.25, -0.2) is 14.8 Å². The van der Waals surface area contributed by atoms with E-state index in [9.17, 15) is 4.79 Å². The van der Waals surface area contributed by atoms with Crippen LogP contribution in [0.4, 0.5) is 10.6 Å². The lowest BCUT2D eigenvalue weighted by Crippen LogP contribution is -2.50. The van der Waals surface area contributed by atoms with Crippen molar-refractivity contribution in [3.05, 3.63) is 17.5 Å². The minimum absolute atomic E-state index is 0.0948. The molecular formula is C15H23ClN4O2. The van der Waals surface area contributed by atoms with Crippen LogP contribution in [0.2, 0.25) is 5.28 Å². The molecule has 1 aliphatic rings. The van der Waals surface area contributed by atoms with Gasteiger partial charge in [0.15, 0.2) is 0 Å². The summed E-state index contributed by atoms with van der Waals surface area (Å²) in [6.07, 6.45) is 3.29. The number of halogens is 1. The van der Waals surface area contributed by atoms with Crippen LogP contribution in [0.5, 0.6) is 0 Å². The zero-order valence-corrected chi connectivity index (χ0v) is 14.3. The summed E-state index contributed by atoms with van der Waals surface area (Å²) in [5.41, 5.74) is -0.486. The lowest BCUT2D eigenvalue weighted by Gasteiger charge is -2.38. The van der Waals surface area contributed by atoms with Gasteiger partial charge in [0.1, 0.15) is 11.4 Å². The average molecular weight is 327 g/mol. The van der Waals surface area contributed by atoms with Crippen LogP contribution in [-0.4, -0.2) is 52.7 Å². The molecule has 1 aromatic heterocycles. The molecule has 1 aliphatic heterocycles. The summed E-state index contributed by atoms with van der Waals surface area (Å²) in [5, 5.41) is 0.236. The van der Waals surface area contributed by atoms with Crippen LogP contribution in [0.3, 0.4) is 0 Å². The highest BCUT2D eigenvalue weighted by Gasteiger charge is 2.29. The van der Waals surface area contributed by atoms with Crippen molar-refractivity contribution in [3.8, 4) is 0 Å². The van der Waals surface area contributed by atoms with E-state index in [1.54, 1.807) is 18.1 Å². The zero-order chi connectivity index (χ0) is 16.3. The summed E-state index contributed by atoms with van der Waals surface area (Å²) < 4.78 is 5.43. The van der Waals surface area contributed by atoms with Crippen molar-refractivity contribution in [1.29, 1.82) is 0 Å². The van der Waals surface area contributed by atoms with E-state index < -0.39 is 5.60 Å². The van der Waals surface area contributed by atoms with Crippen molar-refractivity contribution in [3.63, 3.8) is 0 Å². The highest BCUT2D eigenvalue weighted by Crippen LogP contribution is 2.22. The molecule has 1 unspecified atom stereocenters. The number of hydrogen-bond donors (Lipinski definition) is 0. The van der Waals surface area contributed by atoms with Gasteiger partial charge in [0.05, 0.1) is 6.04 Å². The number of hydrogen-bond acceptors (Lipinski definition) is 5. The first-order chi connectivity index (χ1) is 10.3. The summed E-state index contributed by atoms with van der Waals surface area (Å²) in [6, 6.07) is 1.93. The van der Waals surface area contributed by atoms with Crippen LogP contribution in [0.25, 0.3) is 0 Å². The topological polar surface area (TPSA) is 58.6 Å². The van der Waals surface area contributed by atoms with Gasteiger partial charge in [-0.15, -0.1) is 0 Å². The van der Waals surface area contributed by atoms with E-state index in [1.807, 2.05) is 26.8 Å². The number of carbonyl (C=O) groups is 1. The van der Waals surface area contributed by atoms with Crippen molar-refractivity contribution in [2.75, 3.05) is 25.0 Å². The number of likely N-dealkylation sites (N-methyl/N-ethyl adjacent to an activating group) is 1. The van der Waals surface area contributed by atoms with Gasteiger partial charge in [-0.05, 0) is 51.3 Å². The fraction of sp³-hybridized carbons (Fsp3) is 0.667. The molecule has 0 aromatic carbocycles. The third-order valence-electron chi connectivity index (χ3n) is 3.56. The lowest BCUT2D eigenvalue weighted by molar-refractivity contribution is 0.0209. The molecule has 0 aliphatic carbocycles. The normalized spacial score (nSPS) is 19.0. The van der Waals surface area contributed by atoms with Gasteiger partial charge in [-0.2, -0.15) is 0 Å². The summed E-state index contributed by atoms with van der Waals surface area (Å²) >= 11 is 5.85. The fourth-order valence-corrected chi connectivity index (χ4v) is 2.61. The largest absolute Gasteiger partial charge is 0.444 e. The van der Waals surface area contributed by atoms with Crippen molar-refractivity contribution in [1.82, 2.24) is 14.9 Å². The maximum absolute atomic E-state index is 12.2. The molecular weight excluding hydrogens is 304 g/mol. The number of amides is 1. The highest BCUT2D eigenvalue weighted by atomic mass is 35.5. The average Bonchev–Trinajstić information content (AvgIpc) is 2.45. The lowest BCUT2D eigenvalue weighted by atomic mass is 10.0.